The molecule has 4 aliphatic rings. The van der Waals surface area contributed by atoms with Crippen LogP contribution in [0.5, 0.6) is 0 Å². The van der Waals surface area contributed by atoms with Crippen molar-refractivity contribution < 1.29 is 14.6 Å². The third-order valence-electron chi connectivity index (χ3n) is 6.78. The molecule has 0 aromatic rings. The average Bonchev–Trinajstić information content (AvgIpc) is 2.79. The number of rotatable bonds is 3. The van der Waals surface area contributed by atoms with E-state index in [2.05, 4.69) is 32.9 Å². The van der Waals surface area contributed by atoms with E-state index in [4.69, 9.17) is 9.47 Å². The first-order valence-corrected chi connectivity index (χ1v) is 9.30. The van der Waals surface area contributed by atoms with Gasteiger partial charge in [0.2, 0.25) is 0 Å². The van der Waals surface area contributed by atoms with Crippen LogP contribution in [0.4, 0.5) is 0 Å². The SMILES string of the molecule is C/C(=C/CC1OC1(C)C)[C@@H]1CC[C@@H]2CCC=C3CO[C@@H](O)[C@@H]3[C@H]21. The highest BCUT2D eigenvalue weighted by Crippen LogP contribution is 2.53. The van der Waals surface area contributed by atoms with E-state index in [1.54, 1.807) is 0 Å². The highest BCUT2D eigenvalue weighted by molar-refractivity contribution is 5.21. The van der Waals surface area contributed by atoms with Gasteiger partial charge in [-0.1, -0.05) is 17.7 Å². The van der Waals surface area contributed by atoms with Crippen LogP contribution in [-0.4, -0.2) is 29.7 Å². The van der Waals surface area contributed by atoms with Crippen LogP contribution in [0, 0.1) is 23.7 Å². The van der Waals surface area contributed by atoms with E-state index in [9.17, 15) is 5.11 Å². The second kappa shape index (κ2) is 5.72. The lowest BCUT2D eigenvalue weighted by Crippen LogP contribution is -2.31. The van der Waals surface area contributed by atoms with E-state index >= 15 is 0 Å². The molecule has 2 aliphatic carbocycles. The molecule has 128 valence electrons. The Kier molecular flexibility index (Phi) is 3.94. The van der Waals surface area contributed by atoms with Crippen LogP contribution in [0.2, 0.25) is 0 Å². The number of hydrogen-bond acceptors (Lipinski definition) is 3. The monoisotopic (exact) mass is 318 g/mol. The molecular weight excluding hydrogens is 288 g/mol. The minimum absolute atomic E-state index is 0.0721. The van der Waals surface area contributed by atoms with Crippen molar-refractivity contribution in [1.82, 2.24) is 0 Å². The summed E-state index contributed by atoms with van der Waals surface area (Å²) < 4.78 is 11.3. The lowest BCUT2D eigenvalue weighted by Gasteiger charge is -2.31. The van der Waals surface area contributed by atoms with Gasteiger partial charge in [0.15, 0.2) is 6.29 Å². The number of epoxide rings is 1. The summed E-state index contributed by atoms with van der Waals surface area (Å²) in [5, 5.41) is 10.4. The Bertz CT molecular complexity index is 533. The third-order valence-corrected chi connectivity index (χ3v) is 6.78. The van der Waals surface area contributed by atoms with Crippen molar-refractivity contribution >= 4 is 0 Å². The van der Waals surface area contributed by atoms with Crippen LogP contribution >= 0.6 is 0 Å². The first kappa shape index (κ1) is 15.9. The van der Waals surface area contributed by atoms with Gasteiger partial charge in [0.1, 0.15) is 0 Å². The van der Waals surface area contributed by atoms with Crippen molar-refractivity contribution in [2.75, 3.05) is 6.61 Å². The number of allylic oxidation sites excluding steroid dienone is 2. The molecule has 0 spiro atoms. The summed E-state index contributed by atoms with van der Waals surface area (Å²) in [4.78, 5) is 0. The second-order valence-electron chi connectivity index (χ2n) is 8.50. The molecule has 0 aromatic heterocycles. The predicted molar refractivity (Wildman–Crippen MR) is 89.8 cm³/mol. The summed E-state index contributed by atoms with van der Waals surface area (Å²) in [7, 11) is 0. The molecule has 4 rings (SSSR count). The smallest absolute Gasteiger partial charge is 0.161 e. The summed E-state index contributed by atoms with van der Waals surface area (Å²) in [6.45, 7) is 7.26. The largest absolute Gasteiger partial charge is 0.367 e. The maximum atomic E-state index is 10.4. The molecule has 3 fully saturated rings. The van der Waals surface area contributed by atoms with E-state index in [1.807, 2.05) is 0 Å². The Hall–Kier alpha value is -0.640. The van der Waals surface area contributed by atoms with Crippen molar-refractivity contribution in [3.05, 3.63) is 23.3 Å². The van der Waals surface area contributed by atoms with Crippen LogP contribution in [0.3, 0.4) is 0 Å². The fraction of sp³-hybridized carbons (Fsp3) is 0.800. The Morgan fingerprint density at radius 2 is 2.13 bits per heavy atom. The van der Waals surface area contributed by atoms with Gasteiger partial charge in [0.25, 0.3) is 0 Å². The molecule has 1 unspecified atom stereocenters. The number of aliphatic hydroxyl groups is 1. The Balaban J connectivity index is 1.52. The quantitative estimate of drug-likeness (QED) is 0.635. The van der Waals surface area contributed by atoms with Crippen LogP contribution < -0.4 is 0 Å². The summed E-state index contributed by atoms with van der Waals surface area (Å²) in [5.41, 5.74) is 2.93. The Labute approximate surface area is 139 Å². The fourth-order valence-electron chi connectivity index (χ4n) is 5.31. The van der Waals surface area contributed by atoms with E-state index in [-0.39, 0.29) is 11.5 Å². The van der Waals surface area contributed by atoms with Crippen LogP contribution in [-0.2, 0) is 9.47 Å². The summed E-state index contributed by atoms with van der Waals surface area (Å²) in [6.07, 6.45) is 10.6. The molecule has 1 N–H and O–H groups in total. The molecule has 1 saturated carbocycles. The van der Waals surface area contributed by atoms with Crippen molar-refractivity contribution in [1.29, 1.82) is 0 Å². The van der Waals surface area contributed by atoms with Gasteiger partial charge in [-0.3, -0.25) is 0 Å². The zero-order chi connectivity index (χ0) is 16.2. The first-order valence-electron chi connectivity index (χ1n) is 9.30. The maximum Gasteiger partial charge on any atom is 0.161 e. The predicted octanol–water partition coefficient (Wildman–Crippen LogP) is 3.83. The van der Waals surface area contributed by atoms with Crippen LogP contribution in [0.15, 0.2) is 23.3 Å². The first-order chi connectivity index (χ1) is 11.0. The standard InChI is InChI=1S/C20H30O3/c1-12(7-10-16-20(2,3)23-16)15-9-8-13-5-4-6-14-11-22-19(21)18(14)17(13)15/h6-7,13,15-19,21H,4-5,8-11H2,1-3H3/b12-7-/t13-,15-,16?,17+,18-,19+/m0/s1. The molecule has 0 radical (unpaired) electrons. The van der Waals surface area contributed by atoms with Gasteiger partial charge in [0.05, 0.1) is 18.3 Å². The molecule has 0 amide bonds. The van der Waals surface area contributed by atoms with E-state index in [0.29, 0.717) is 24.5 Å². The number of hydrogen-bond donors (Lipinski definition) is 1. The summed E-state index contributed by atoms with van der Waals surface area (Å²) >= 11 is 0. The summed E-state index contributed by atoms with van der Waals surface area (Å²) in [6, 6.07) is 0. The molecular formula is C20H30O3. The average molecular weight is 318 g/mol. The lowest BCUT2D eigenvalue weighted by molar-refractivity contribution is -0.0981. The van der Waals surface area contributed by atoms with Crippen LogP contribution in [0.25, 0.3) is 0 Å². The van der Waals surface area contributed by atoms with Crippen LogP contribution in [0.1, 0.15) is 52.9 Å². The van der Waals surface area contributed by atoms with Crippen molar-refractivity contribution in [2.24, 2.45) is 23.7 Å². The van der Waals surface area contributed by atoms with E-state index in [1.165, 1.54) is 30.4 Å². The molecule has 6 atom stereocenters. The zero-order valence-corrected chi connectivity index (χ0v) is 14.6. The Morgan fingerprint density at radius 3 is 2.87 bits per heavy atom. The topological polar surface area (TPSA) is 42.0 Å². The van der Waals surface area contributed by atoms with E-state index < -0.39 is 6.29 Å². The maximum absolute atomic E-state index is 10.4. The molecule has 0 bridgehead atoms. The highest BCUT2D eigenvalue weighted by atomic mass is 16.6. The number of ether oxygens (including phenoxy) is 2. The number of aliphatic hydroxyl groups excluding tert-OH is 1. The molecule has 23 heavy (non-hydrogen) atoms. The van der Waals surface area contributed by atoms with Gasteiger partial charge < -0.3 is 14.6 Å². The minimum atomic E-state index is -0.592. The summed E-state index contributed by atoms with van der Waals surface area (Å²) in [5.74, 6) is 2.13. The van der Waals surface area contributed by atoms with Crippen molar-refractivity contribution in [2.45, 2.75) is 70.9 Å². The third kappa shape index (κ3) is 2.81. The molecule has 3 heteroatoms. The van der Waals surface area contributed by atoms with Gasteiger partial charge in [-0.05, 0) is 76.2 Å². The molecule has 0 aromatic carbocycles. The Morgan fingerprint density at radius 1 is 1.35 bits per heavy atom. The fourth-order valence-corrected chi connectivity index (χ4v) is 5.31. The molecule has 2 heterocycles. The number of fused-ring (bicyclic) bond motifs is 3. The van der Waals surface area contributed by atoms with Crippen molar-refractivity contribution in [3.63, 3.8) is 0 Å². The molecule has 2 saturated heterocycles. The lowest BCUT2D eigenvalue weighted by atomic mass is 9.74. The zero-order valence-electron chi connectivity index (χ0n) is 14.6. The van der Waals surface area contributed by atoms with Gasteiger partial charge >= 0.3 is 0 Å². The van der Waals surface area contributed by atoms with Crippen molar-refractivity contribution in [3.8, 4) is 0 Å². The second-order valence-corrected chi connectivity index (χ2v) is 8.50. The molecule has 3 nitrogen and oxygen atoms in total. The van der Waals surface area contributed by atoms with Gasteiger partial charge in [-0.25, -0.2) is 0 Å². The van der Waals surface area contributed by atoms with Gasteiger partial charge in [0, 0.05) is 5.92 Å². The molecule has 2 aliphatic heterocycles. The van der Waals surface area contributed by atoms with Gasteiger partial charge in [-0.2, -0.15) is 0 Å². The van der Waals surface area contributed by atoms with E-state index in [0.717, 1.165) is 18.8 Å². The highest BCUT2D eigenvalue weighted by Gasteiger charge is 2.49. The normalized spacial score (nSPS) is 45.2. The minimum Gasteiger partial charge on any atom is -0.367 e. The van der Waals surface area contributed by atoms with Gasteiger partial charge in [-0.15, -0.1) is 0 Å².